The van der Waals surface area contributed by atoms with Crippen LogP contribution in [0.1, 0.15) is 52.5 Å². The second kappa shape index (κ2) is 9.44. The fourth-order valence-corrected chi connectivity index (χ4v) is 11.8. The molecule has 2 heterocycles. The molecule has 1 aliphatic carbocycles. The number of hydrogen-bond donors (Lipinski definition) is 0. The number of aromatic nitrogens is 2. The van der Waals surface area contributed by atoms with Gasteiger partial charge in [-0.3, -0.25) is 0 Å². The van der Waals surface area contributed by atoms with Gasteiger partial charge in [-0.25, -0.2) is 4.98 Å². The molecule has 6 rings (SSSR count). The second-order valence-electron chi connectivity index (χ2n) is 12.8. The van der Waals surface area contributed by atoms with Crippen molar-refractivity contribution < 1.29 is 9.16 Å². The number of ether oxygens (including phenoxy) is 1. The smallest absolute Gasteiger partial charge is 0.261 e. The van der Waals surface area contributed by atoms with Gasteiger partial charge in [0.25, 0.3) is 8.32 Å². The number of imidazole rings is 1. The maximum atomic E-state index is 9.53. The van der Waals surface area contributed by atoms with Gasteiger partial charge in [0.2, 0.25) is 0 Å². The lowest BCUT2D eigenvalue weighted by Gasteiger charge is -2.51. The van der Waals surface area contributed by atoms with Gasteiger partial charge in [0, 0.05) is 12.0 Å². The highest BCUT2D eigenvalue weighted by Crippen LogP contribution is 2.53. The van der Waals surface area contributed by atoms with E-state index in [2.05, 4.69) is 104 Å². The van der Waals surface area contributed by atoms with Crippen LogP contribution in [0, 0.1) is 16.7 Å². The van der Waals surface area contributed by atoms with Crippen LogP contribution in [0.5, 0.6) is 0 Å². The monoisotopic (exact) mass is 535 g/mol. The zero-order valence-corrected chi connectivity index (χ0v) is 24.4. The lowest BCUT2D eigenvalue weighted by molar-refractivity contribution is -0.0278. The molecule has 0 N–H and O–H groups in total. The Morgan fingerprint density at radius 2 is 1.69 bits per heavy atom. The molecular weight excluding hydrogens is 498 g/mol. The molecule has 3 atom stereocenters. The summed E-state index contributed by atoms with van der Waals surface area (Å²) in [4.78, 5) is 4.67. The minimum absolute atomic E-state index is 0.0335. The van der Waals surface area contributed by atoms with E-state index in [0.29, 0.717) is 5.56 Å². The molecule has 1 aliphatic heterocycles. The van der Waals surface area contributed by atoms with Crippen LogP contribution in [0.4, 0.5) is 0 Å². The van der Waals surface area contributed by atoms with E-state index in [1.165, 1.54) is 10.4 Å². The van der Waals surface area contributed by atoms with Gasteiger partial charge in [0.15, 0.2) is 0 Å². The highest BCUT2D eigenvalue weighted by molar-refractivity contribution is 6.99. The number of rotatable bonds is 6. The first kappa shape index (κ1) is 26.0. The van der Waals surface area contributed by atoms with E-state index in [-0.39, 0.29) is 22.2 Å². The van der Waals surface area contributed by atoms with E-state index in [4.69, 9.17) is 9.16 Å². The van der Waals surface area contributed by atoms with Crippen LogP contribution in [0.25, 0.3) is 11.0 Å². The van der Waals surface area contributed by atoms with Crippen LogP contribution in [0.15, 0.2) is 85.2 Å². The first-order chi connectivity index (χ1) is 18.7. The predicted molar refractivity (Wildman–Crippen MR) is 158 cm³/mol. The second-order valence-corrected chi connectivity index (χ2v) is 17.1. The normalized spacial score (nSPS) is 25.1. The summed E-state index contributed by atoms with van der Waals surface area (Å²) in [6.07, 6.45) is 4.88. The van der Waals surface area contributed by atoms with Crippen LogP contribution >= 0.6 is 0 Å². The molecule has 0 unspecified atom stereocenters. The lowest BCUT2D eigenvalue weighted by Crippen LogP contribution is -2.69. The van der Waals surface area contributed by atoms with Crippen molar-refractivity contribution in [1.29, 1.82) is 5.26 Å². The van der Waals surface area contributed by atoms with Crippen LogP contribution < -0.4 is 10.4 Å². The van der Waals surface area contributed by atoms with Gasteiger partial charge in [-0.1, -0.05) is 88.4 Å². The first-order valence-corrected chi connectivity index (χ1v) is 15.9. The molecular formula is C33H37N3O2Si. The van der Waals surface area contributed by atoms with E-state index < -0.39 is 8.32 Å². The zero-order chi connectivity index (χ0) is 27.3. The quantitative estimate of drug-likeness (QED) is 0.231. The fourth-order valence-electron chi connectivity index (χ4n) is 6.93. The highest BCUT2D eigenvalue weighted by atomic mass is 28.4. The molecule has 4 aromatic rings. The molecule has 2 fully saturated rings. The van der Waals surface area contributed by atoms with E-state index in [1.807, 2.05) is 24.5 Å². The van der Waals surface area contributed by atoms with Crippen LogP contribution in [0.2, 0.25) is 5.04 Å². The van der Waals surface area contributed by atoms with Crippen molar-refractivity contribution in [1.82, 2.24) is 9.55 Å². The van der Waals surface area contributed by atoms with Crippen molar-refractivity contribution in [3.63, 3.8) is 0 Å². The van der Waals surface area contributed by atoms with E-state index in [9.17, 15) is 5.26 Å². The lowest BCUT2D eigenvalue weighted by atomic mass is 9.68. The molecule has 0 bridgehead atoms. The van der Waals surface area contributed by atoms with Gasteiger partial charge < -0.3 is 13.7 Å². The number of hydrogen-bond acceptors (Lipinski definition) is 4. The van der Waals surface area contributed by atoms with Crippen LogP contribution in [-0.4, -0.2) is 36.2 Å². The Balaban J connectivity index is 1.46. The number of fused-ring (bicyclic) bond motifs is 1. The summed E-state index contributed by atoms with van der Waals surface area (Å²) < 4.78 is 16.1. The Kier molecular flexibility index (Phi) is 6.30. The van der Waals surface area contributed by atoms with Crippen molar-refractivity contribution >= 4 is 29.7 Å². The fraction of sp³-hybridized carbons (Fsp3) is 0.394. The maximum Gasteiger partial charge on any atom is 0.261 e. The third-order valence-corrected chi connectivity index (χ3v) is 14.0. The van der Waals surface area contributed by atoms with Crippen molar-refractivity contribution in [3.05, 3.63) is 90.8 Å². The summed E-state index contributed by atoms with van der Waals surface area (Å²) in [7, 11) is -2.73. The molecule has 2 aliphatic rings. The summed E-state index contributed by atoms with van der Waals surface area (Å²) in [5.41, 5.74) is 2.35. The SMILES string of the molecule is CC(C)(C)[Si](O[C@@H]1CC[C@@]2(CO2)C[C@@]1(C)Cn1cnc2ccc(C#N)cc21)(c1ccccc1)c1ccccc1. The summed E-state index contributed by atoms with van der Waals surface area (Å²) in [5, 5.41) is 12.0. The molecule has 1 spiro atoms. The Bertz CT molecular complexity index is 1480. The largest absolute Gasteiger partial charge is 0.404 e. The number of epoxide rings is 1. The van der Waals surface area contributed by atoms with Crippen LogP contribution in [0.3, 0.4) is 0 Å². The topological polar surface area (TPSA) is 63.4 Å². The Morgan fingerprint density at radius 1 is 1.05 bits per heavy atom. The summed E-state index contributed by atoms with van der Waals surface area (Å²) in [6, 6.07) is 29.8. The standard InChI is InChI=1S/C33H37N3O2Si/c1-31(2,3)39(26-11-7-5-8-12-26,27-13-9-6-10-14-27)38-30-17-18-33(23-37-33)21-32(30,4)22-36-24-35-28-16-15-25(20-34)19-29(28)36/h5-16,19,24,30H,17-18,21-23H2,1-4H3/t30-,32+,33+/m1/s1. The minimum Gasteiger partial charge on any atom is -0.404 e. The average Bonchev–Trinajstić information content (AvgIpc) is 3.57. The Hall–Kier alpha value is -3.24. The molecule has 0 amide bonds. The molecule has 6 heteroatoms. The van der Waals surface area contributed by atoms with Gasteiger partial charge in [-0.2, -0.15) is 5.26 Å². The molecule has 1 aromatic heterocycles. The van der Waals surface area contributed by atoms with Crippen molar-refractivity contribution in [2.24, 2.45) is 5.41 Å². The summed E-state index contributed by atoms with van der Waals surface area (Å²) in [5.74, 6) is 0. The molecule has 200 valence electrons. The van der Waals surface area contributed by atoms with Crippen molar-refractivity contribution in [3.8, 4) is 6.07 Å². The molecule has 39 heavy (non-hydrogen) atoms. The van der Waals surface area contributed by atoms with Gasteiger partial charge in [-0.05, 0) is 52.9 Å². The van der Waals surface area contributed by atoms with E-state index in [1.54, 1.807) is 0 Å². The maximum absolute atomic E-state index is 9.53. The highest BCUT2D eigenvalue weighted by Gasteiger charge is 2.59. The van der Waals surface area contributed by atoms with Gasteiger partial charge in [0.1, 0.15) is 0 Å². The number of nitriles is 1. The van der Waals surface area contributed by atoms with E-state index >= 15 is 0 Å². The summed E-state index contributed by atoms with van der Waals surface area (Å²) >= 11 is 0. The van der Waals surface area contributed by atoms with Gasteiger partial charge in [-0.15, -0.1) is 0 Å². The average molecular weight is 536 g/mol. The third-order valence-electron chi connectivity index (χ3n) is 8.94. The zero-order valence-electron chi connectivity index (χ0n) is 23.4. The third kappa shape index (κ3) is 4.53. The van der Waals surface area contributed by atoms with Gasteiger partial charge >= 0.3 is 0 Å². The Labute approximate surface area is 232 Å². The van der Waals surface area contributed by atoms with Gasteiger partial charge in [0.05, 0.1) is 47.3 Å². The number of nitrogens with zero attached hydrogens (tertiary/aromatic N) is 3. The molecule has 1 saturated heterocycles. The molecule has 1 saturated carbocycles. The van der Waals surface area contributed by atoms with Crippen molar-refractivity contribution in [2.75, 3.05) is 6.61 Å². The molecule has 3 aromatic carbocycles. The Morgan fingerprint density at radius 3 is 2.26 bits per heavy atom. The molecule has 5 nitrogen and oxygen atoms in total. The van der Waals surface area contributed by atoms with E-state index in [0.717, 1.165) is 43.4 Å². The number of benzene rings is 3. The molecule has 0 radical (unpaired) electrons. The minimum atomic E-state index is -2.73. The predicted octanol–water partition coefficient (Wildman–Crippen LogP) is 5.81. The first-order valence-electron chi connectivity index (χ1n) is 14.0. The summed E-state index contributed by atoms with van der Waals surface area (Å²) in [6.45, 7) is 11.0. The van der Waals surface area contributed by atoms with Crippen LogP contribution in [-0.2, 0) is 15.7 Å². The van der Waals surface area contributed by atoms with Crippen molar-refractivity contribution in [2.45, 2.75) is 70.2 Å².